The highest BCUT2D eigenvalue weighted by Crippen LogP contribution is 2.28. The van der Waals surface area contributed by atoms with Gasteiger partial charge in [0.1, 0.15) is 23.8 Å². The van der Waals surface area contributed by atoms with E-state index in [0.29, 0.717) is 24.7 Å². The third-order valence-electron chi connectivity index (χ3n) is 4.02. The fourth-order valence-electron chi connectivity index (χ4n) is 2.65. The smallest absolute Gasteiger partial charge is 0.301 e. The van der Waals surface area contributed by atoms with Gasteiger partial charge in [0.2, 0.25) is 0 Å². The van der Waals surface area contributed by atoms with E-state index in [9.17, 15) is 20.2 Å². The molecule has 0 radical (unpaired) electrons. The van der Waals surface area contributed by atoms with Crippen LogP contribution in [-0.4, -0.2) is 35.4 Å². The lowest BCUT2D eigenvalue weighted by Gasteiger charge is -2.08. The number of ether oxygens (including phenoxy) is 2. The van der Waals surface area contributed by atoms with Gasteiger partial charge < -0.3 is 13.9 Å². The number of non-ortho nitro benzene ring substituents is 1. The van der Waals surface area contributed by atoms with Gasteiger partial charge in [-0.25, -0.2) is 0 Å². The van der Waals surface area contributed by atoms with Gasteiger partial charge in [0.15, 0.2) is 0 Å². The first-order valence-electron chi connectivity index (χ1n) is 8.53. The number of furan rings is 1. The maximum absolute atomic E-state index is 11.1. The molecule has 1 aromatic carbocycles. The van der Waals surface area contributed by atoms with Crippen LogP contribution in [-0.2, 0) is 16.1 Å². The van der Waals surface area contributed by atoms with Crippen LogP contribution in [0.4, 0.5) is 17.1 Å². The Kier molecular flexibility index (Phi) is 6.29. The van der Waals surface area contributed by atoms with Gasteiger partial charge in [-0.3, -0.25) is 25.7 Å². The molecule has 2 heterocycles. The minimum absolute atomic E-state index is 0.0264. The molecule has 1 fully saturated rings. The van der Waals surface area contributed by atoms with Crippen LogP contribution in [0.3, 0.4) is 0 Å². The molecule has 1 saturated heterocycles. The number of nitro groups is 2. The Bertz CT molecular complexity index is 874. The molecule has 1 atom stereocenters. The van der Waals surface area contributed by atoms with Crippen molar-refractivity contribution in [3.8, 4) is 0 Å². The Hall–Kier alpha value is -3.31. The Morgan fingerprint density at radius 2 is 2.11 bits per heavy atom. The first-order valence-corrected chi connectivity index (χ1v) is 8.53. The third kappa shape index (κ3) is 5.11. The summed E-state index contributed by atoms with van der Waals surface area (Å²) in [6, 6.07) is 6.67. The molecule has 1 N–H and O–H groups in total. The maximum atomic E-state index is 11.1. The Morgan fingerprint density at radius 1 is 1.25 bits per heavy atom. The van der Waals surface area contributed by atoms with E-state index in [1.54, 1.807) is 12.1 Å². The molecule has 0 aliphatic carbocycles. The largest absolute Gasteiger partial charge is 0.458 e. The van der Waals surface area contributed by atoms with Crippen molar-refractivity contribution >= 4 is 23.3 Å². The number of nitrogens with one attached hydrogen (secondary N) is 1. The summed E-state index contributed by atoms with van der Waals surface area (Å²) in [6.45, 7) is 1.58. The number of nitro benzene ring substituents is 2. The van der Waals surface area contributed by atoms with Crippen LogP contribution in [0.5, 0.6) is 0 Å². The number of hydrogen-bond donors (Lipinski definition) is 1. The van der Waals surface area contributed by atoms with Gasteiger partial charge in [-0.15, -0.1) is 0 Å². The summed E-state index contributed by atoms with van der Waals surface area (Å²) in [6.07, 6.45) is 3.53. The molecule has 0 spiro atoms. The van der Waals surface area contributed by atoms with E-state index in [1.807, 2.05) is 0 Å². The minimum Gasteiger partial charge on any atom is -0.458 e. The van der Waals surface area contributed by atoms with Crippen LogP contribution < -0.4 is 5.43 Å². The molecule has 11 nitrogen and oxygen atoms in total. The summed E-state index contributed by atoms with van der Waals surface area (Å²) in [5.74, 6) is 1.04. The lowest BCUT2D eigenvalue weighted by Crippen LogP contribution is -2.13. The number of benzene rings is 1. The molecule has 1 aromatic heterocycles. The van der Waals surface area contributed by atoms with Gasteiger partial charge >= 0.3 is 5.69 Å². The van der Waals surface area contributed by atoms with E-state index in [0.717, 1.165) is 31.6 Å². The summed E-state index contributed by atoms with van der Waals surface area (Å²) in [7, 11) is 0. The number of rotatable bonds is 9. The van der Waals surface area contributed by atoms with Crippen molar-refractivity contribution in [1.82, 2.24) is 0 Å². The first-order chi connectivity index (χ1) is 13.5. The molecule has 0 unspecified atom stereocenters. The predicted molar refractivity (Wildman–Crippen MR) is 98.3 cm³/mol. The lowest BCUT2D eigenvalue weighted by atomic mass is 10.2. The zero-order valence-corrected chi connectivity index (χ0v) is 14.8. The first kappa shape index (κ1) is 19.5. The fraction of sp³-hybridized carbons (Fsp3) is 0.353. The van der Waals surface area contributed by atoms with Gasteiger partial charge in [-0.05, 0) is 31.0 Å². The molecule has 148 valence electrons. The highest BCUT2D eigenvalue weighted by Gasteiger charge is 2.19. The van der Waals surface area contributed by atoms with Crippen LogP contribution in [0.2, 0.25) is 0 Å². The van der Waals surface area contributed by atoms with Crippen molar-refractivity contribution in [2.45, 2.75) is 25.6 Å². The van der Waals surface area contributed by atoms with Gasteiger partial charge in [0.05, 0.1) is 34.8 Å². The van der Waals surface area contributed by atoms with E-state index in [4.69, 9.17) is 13.9 Å². The highest BCUT2D eigenvalue weighted by molar-refractivity contribution is 5.77. The second-order valence-corrected chi connectivity index (χ2v) is 6.04. The van der Waals surface area contributed by atoms with E-state index in [-0.39, 0.29) is 17.5 Å². The van der Waals surface area contributed by atoms with E-state index in [1.165, 1.54) is 12.3 Å². The quantitative estimate of drug-likeness (QED) is 0.390. The zero-order valence-electron chi connectivity index (χ0n) is 14.8. The van der Waals surface area contributed by atoms with Gasteiger partial charge in [-0.2, -0.15) is 5.10 Å². The average Bonchev–Trinajstić information content (AvgIpc) is 3.34. The minimum atomic E-state index is -0.721. The monoisotopic (exact) mass is 390 g/mol. The normalized spacial score (nSPS) is 16.5. The molecule has 3 rings (SSSR count). The number of nitrogens with zero attached hydrogens (tertiary/aromatic N) is 3. The summed E-state index contributed by atoms with van der Waals surface area (Å²) >= 11 is 0. The molecule has 28 heavy (non-hydrogen) atoms. The number of hydrogen-bond acceptors (Lipinski definition) is 9. The van der Waals surface area contributed by atoms with Crippen LogP contribution in [0.1, 0.15) is 24.4 Å². The predicted octanol–water partition coefficient (Wildman–Crippen LogP) is 3.24. The molecular formula is C17H18N4O7. The Morgan fingerprint density at radius 3 is 2.82 bits per heavy atom. The molecule has 1 aliphatic rings. The standard InChI is InChI=1S/C17H18N4O7/c22-20(23)12-3-6-16(17(8-12)21(24)25)19-18-9-13-4-5-15(28-13)11-26-10-14-2-1-7-27-14/h3-6,8-9,14,19H,1-2,7,10-11H2/b18-9-/t14-/m0/s1. The highest BCUT2D eigenvalue weighted by atomic mass is 16.6. The third-order valence-corrected chi connectivity index (χ3v) is 4.02. The molecule has 0 amide bonds. The van der Waals surface area contributed by atoms with Gasteiger partial charge in [0.25, 0.3) is 5.69 Å². The molecule has 0 bridgehead atoms. The van der Waals surface area contributed by atoms with E-state index in [2.05, 4.69) is 10.5 Å². The summed E-state index contributed by atoms with van der Waals surface area (Å²) in [5.41, 5.74) is 1.70. The molecule has 1 aliphatic heterocycles. The topological polar surface area (TPSA) is 142 Å². The summed E-state index contributed by atoms with van der Waals surface area (Å²) in [4.78, 5) is 20.4. The maximum Gasteiger partial charge on any atom is 0.301 e. The van der Waals surface area contributed by atoms with E-state index >= 15 is 0 Å². The van der Waals surface area contributed by atoms with Crippen molar-refractivity contribution < 1.29 is 23.7 Å². The van der Waals surface area contributed by atoms with Crippen LogP contribution in [0.15, 0.2) is 39.9 Å². The van der Waals surface area contributed by atoms with Crippen molar-refractivity contribution in [1.29, 1.82) is 0 Å². The number of hydrazone groups is 1. The van der Waals surface area contributed by atoms with Crippen molar-refractivity contribution in [3.63, 3.8) is 0 Å². The average molecular weight is 390 g/mol. The molecule has 11 heteroatoms. The summed E-state index contributed by atoms with van der Waals surface area (Å²) in [5, 5.41) is 25.7. The lowest BCUT2D eigenvalue weighted by molar-refractivity contribution is -0.393. The fourth-order valence-corrected chi connectivity index (χ4v) is 2.65. The van der Waals surface area contributed by atoms with Gasteiger partial charge in [-0.1, -0.05) is 0 Å². The SMILES string of the molecule is O=[N+]([O-])c1ccc(N/N=C\c2ccc(COC[C@@H]3CCCO3)o2)c([N+](=O)[O-])c1. The van der Waals surface area contributed by atoms with E-state index < -0.39 is 15.5 Å². The number of anilines is 1. The molecular weight excluding hydrogens is 372 g/mol. The Labute approximate surface area is 159 Å². The molecule has 0 saturated carbocycles. The second-order valence-electron chi connectivity index (χ2n) is 6.04. The van der Waals surface area contributed by atoms with Crippen molar-refractivity contribution in [2.24, 2.45) is 5.10 Å². The zero-order chi connectivity index (χ0) is 19.9. The van der Waals surface area contributed by atoms with Crippen LogP contribution >= 0.6 is 0 Å². The summed E-state index contributed by atoms with van der Waals surface area (Å²) < 4.78 is 16.6. The van der Waals surface area contributed by atoms with Crippen molar-refractivity contribution in [3.05, 3.63) is 62.1 Å². The Balaban J connectivity index is 1.55. The van der Waals surface area contributed by atoms with Gasteiger partial charge in [0, 0.05) is 12.7 Å². The second kappa shape index (κ2) is 9.06. The van der Waals surface area contributed by atoms with Crippen molar-refractivity contribution in [2.75, 3.05) is 18.6 Å². The van der Waals surface area contributed by atoms with Crippen LogP contribution in [0.25, 0.3) is 0 Å². The molecule has 2 aromatic rings. The van der Waals surface area contributed by atoms with Crippen LogP contribution in [0, 0.1) is 20.2 Å².